The monoisotopic (exact) mass is 312 g/mol. The van der Waals surface area contributed by atoms with Crippen LogP contribution in [0.4, 0.5) is 10.7 Å². The molecule has 2 aromatic rings. The van der Waals surface area contributed by atoms with Crippen molar-refractivity contribution in [3.8, 4) is 11.4 Å². The number of urea groups is 1. The van der Waals surface area contributed by atoms with Gasteiger partial charge in [-0.2, -0.15) is 0 Å². The number of rotatable bonds is 2. The van der Waals surface area contributed by atoms with E-state index in [0.29, 0.717) is 18.3 Å². The van der Waals surface area contributed by atoms with Crippen molar-refractivity contribution in [1.82, 2.24) is 25.0 Å². The van der Waals surface area contributed by atoms with Gasteiger partial charge in [-0.1, -0.05) is 30.3 Å². The van der Waals surface area contributed by atoms with Crippen LogP contribution in [0.5, 0.6) is 0 Å². The number of benzene rings is 1. The molecule has 2 atom stereocenters. The average molecular weight is 312 g/mol. The molecule has 3 heterocycles. The molecule has 1 aromatic carbocycles. The van der Waals surface area contributed by atoms with Gasteiger partial charge in [0.2, 0.25) is 5.95 Å². The Labute approximate surface area is 132 Å². The predicted molar refractivity (Wildman–Crippen MR) is 82.6 cm³/mol. The number of likely N-dealkylation sites (N-methyl/N-ethyl adjacent to an activating group) is 2. The highest BCUT2D eigenvalue weighted by atomic mass is 16.2. The minimum absolute atomic E-state index is 0.301. The number of carbonyl (C=O) groups is 2. The van der Waals surface area contributed by atoms with Gasteiger partial charge < -0.3 is 9.80 Å². The van der Waals surface area contributed by atoms with Crippen molar-refractivity contribution in [2.24, 2.45) is 0 Å². The van der Waals surface area contributed by atoms with Crippen molar-refractivity contribution in [3.63, 3.8) is 0 Å². The summed E-state index contributed by atoms with van der Waals surface area (Å²) in [5, 5.41) is 10.9. The van der Waals surface area contributed by atoms with Crippen molar-refractivity contribution in [3.05, 3.63) is 30.3 Å². The summed E-state index contributed by atoms with van der Waals surface area (Å²) in [4.78, 5) is 27.8. The number of amides is 3. The summed E-state index contributed by atoms with van der Waals surface area (Å²) in [6.45, 7) is 2.55. The number of nitrogens with zero attached hydrogens (tertiary/aromatic N) is 5. The van der Waals surface area contributed by atoms with E-state index in [0.717, 1.165) is 5.56 Å². The molecule has 0 radical (unpaired) electrons. The van der Waals surface area contributed by atoms with Gasteiger partial charge >= 0.3 is 6.03 Å². The Balaban J connectivity index is 1.91. The Morgan fingerprint density at radius 2 is 1.91 bits per heavy atom. The van der Waals surface area contributed by atoms with Crippen LogP contribution >= 0.6 is 0 Å². The Hall–Kier alpha value is -2.90. The molecule has 2 unspecified atom stereocenters. The first-order valence-electron chi connectivity index (χ1n) is 7.48. The fraction of sp³-hybridized carbons (Fsp3) is 0.333. The second-order valence-electron chi connectivity index (χ2n) is 5.61. The third-order valence-corrected chi connectivity index (χ3v) is 4.41. The van der Waals surface area contributed by atoms with Crippen LogP contribution in [0.2, 0.25) is 0 Å². The van der Waals surface area contributed by atoms with Crippen molar-refractivity contribution in [1.29, 1.82) is 0 Å². The largest absolute Gasteiger partial charge is 0.325 e. The van der Waals surface area contributed by atoms with Crippen LogP contribution in [-0.2, 0) is 4.79 Å². The van der Waals surface area contributed by atoms with Crippen LogP contribution in [-0.4, -0.2) is 51.2 Å². The average Bonchev–Trinajstić information content (AvgIpc) is 3.11. The molecule has 4 rings (SSSR count). The first-order chi connectivity index (χ1) is 11.1. The third kappa shape index (κ3) is 1.77. The van der Waals surface area contributed by atoms with Crippen LogP contribution < -0.4 is 10.2 Å². The van der Waals surface area contributed by atoms with Crippen LogP contribution in [0.1, 0.15) is 13.1 Å². The maximum atomic E-state index is 12.4. The van der Waals surface area contributed by atoms with Gasteiger partial charge in [0.05, 0.1) is 0 Å². The lowest BCUT2D eigenvalue weighted by molar-refractivity contribution is -0.124. The number of carbonyl (C=O) groups excluding carboxylic acids is 2. The quantitative estimate of drug-likeness (QED) is 0.888. The second-order valence-corrected chi connectivity index (χ2v) is 5.61. The molecule has 0 spiro atoms. The number of aromatic nitrogens is 3. The molecular formula is C15H16N6O2. The van der Waals surface area contributed by atoms with E-state index in [9.17, 15) is 9.59 Å². The summed E-state index contributed by atoms with van der Waals surface area (Å²) in [7, 11) is 1.68. The van der Waals surface area contributed by atoms with E-state index in [4.69, 9.17) is 0 Å². The van der Waals surface area contributed by atoms with Crippen LogP contribution in [0.3, 0.4) is 0 Å². The molecule has 8 heteroatoms. The summed E-state index contributed by atoms with van der Waals surface area (Å²) in [5.74, 6) is 0.961. The maximum Gasteiger partial charge on any atom is 0.325 e. The first-order valence-corrected chi connectivity index (χ1v) is 7.48. The highest BCUT2D eigenvalue weighted by Gasteiger charge is 2.51. The van der Waals surface area contributed by atoms with Gasteiger partial charge in [-0.25, -0.2) is 4.79 Å². The van der Waals surface area contributed by atoms with Crippen LogP contribution in [0, 0.1) is 0 Å². The molecule has 23 heavy (non-hydrogen) atoms. The Morgan fingerprint density at radius 3 is 2.61 bits per heavy atom. The minimum atomic E-state index is -0.490. The van der Waals surface area contributed by atoms with Gasteiger partial charge in [-0.15, -0.1) is 10.2 Å². The van der Waals surface area contributed by atoms with Gasteiger partial charge in [-0.05, 0) is 6.92 Å². The molecule has 1 saturated heterocycles. The SMILES string of the molecule is CCN1c2nnc(-c3ccccc3)n2C2C1C(=O)NC(=O)N2C. The summed E-state index contributed by atoms with van der Waals surface area (Å²) < 4.78 is 1.88. The molecule has 1 N–H and O–H groups in total. The fourth-order valence-electron chi connectivity index (χ4n) is 3.32. The lowest BCUT2D eigenvalue weighted by Crippen LogP contribution is -2.61. The topological polar surface area (TPSA) is 83.4 Å². The smallest absolute Gasteiger partial charge is 0.325 e. The van der Waals surface area contributed by atoms with Gasteiger partial charge in [0, 0.05) is 19.2 Å². The van der Waals surface area contributed by atoms with Gasteiger partial charge in [0.25, 0.3) is 5.91 Å². The molecule has 0 saturated carbocycles. The van der Waals surface area contributed by atoms with E-state index in [1.807, 2.05) is 46.7 Å². The van der Waals surface area contributed by atoms with Crippen molar-refractivity contribution in [2.75, 3.05) is 18.5 Å². The van der Waals surface area contributed by atoms with Crippen molar-refractivity contribution in [2.45, 2.75) is 19.1 Å². The molecule has 3 amide bonds. The minimum Gasteiger partial charge on any atom is -0.325 e. The number of imide groups is 1. The van der Waals surface area contributed by atoms with E-state index in [2.05, 4.69) is 15.5 Å². The Bertz CT molecular complexity index is 787. The van der Waals surface area contributed by atoms with E-state index in [-0.39, 0.29) is 5.91 Å². The number of hydrogen-bond acceptors (Lipinski definition) is 5. The summed E-state index contributed by atoms with van der Waals surface area (Å²) in [5.41, 5.74) is 0.898. The Kier molecular flexibility index (Phi) is 2.87. The number of anilines is 1. The molecule has 0 bridgehead atoms. The number of hydrogen-bond donors (Lipinski definition) is 1. The van der Waals surface area contributed by atoms with E-state index >= 15 is 0 Å². The number of fused-ring (bicyclic) bond motifs is 3. The van der Waals surface area contributed by atoms with Gasteiger partial charge in [0.15, 0.2) is 11.9 Å². The van der Waals surface area contributed by atoms with E-state index in [1.54, 1.807) is 7.05 Å². The van der Waals surface area contributed by atoms with Gasteiger partial charge in [0.1, 0.15) is 6.17 Å². The Morgan fingerprint density at radius 1 is 1.17 bits per heavy atom. The zero-order valence-electron chi connectivity index (χ0n) is 12.8. The fourth-order valence-corrected chi connectivity index (χ4v) is 3.32. The van der Waals surface area contributed by atoms with E-state index in [1.165, 1.54) is 4.90 Å². The molecule has 2 aliphatic rings. The van der Waals surface area contributed by atoms with Crippen LogP contribution in [0.15, 0.2) is 30.3 Å². The second kappa shape index (κ2) is 4.80. The molecule has 1 aromatic heterocycles. The number of nitrogens with one attached hydrogen (secondary N) is 1. The lowest BCUT2D eigenvalue weighted by atomic mass is 10.1. The highest BCUT2D eigenvalue weighted by Crippen LogP contribution is 2.40. The summed E-state index contributed by atoms with van der Waals surface area (Å²) in [6, 6.07) is 8.74. The predicted octanol–water partition coefficient (Wildman–Crippen LogP) is 0.834. The first kappa shape index (κ1) is 13.7. The highest BCUT2D eigenvalue weighted by molar-refractivity contribution is 6.02. The molecule has 0 aliphatic carbocycles. The van der Waals surface area contributed by atoms with Crippen LogP contribution in [0.25, 0.3) is 11.4 Å². The summed E-state index contributed by atoms with van der Waals surface area (Å²) in [6.07, 6.45) is -0.448. The third-order valence-electron chi connectivity index (χ3n) is 4.41. The zero-order valence-corrected chi connectivity index (χ0v) is 12.8. The molecule has 2 aliphatic heterocycles. The van der Waals surface area contributed by atoms with Crippen molar-refractivity contribution >= 4 is 17.9 Å². The zero-order chi connectivity index (χ0) is 16.1. The van der Waals surface area contributed by atoms with E-state index < -0.39 is 18.2 Å². The standard InChI is InChI=1S/C15H16N6O2/c1-3-20-10-12(22)16-15(23)19(2)13(10)21-11(17-18-14(20)21)9-7-5-4-6-8-9/h4-8,10,13H,3H2,1-2H3,(H,16,22,23). The molecule has 1 fully saturated rings. The molecule has 118 valence electrons. The van der Waals surface area contributed by atoms with Crippen molar-refractivity contribution < 1.29 is 9.59 Å². The van der Waals surface area contributed by atoms with Gasteiger partial charge in [-0.3, -0.25) is 14.7 Å². The molecular weight excluding hydrogens is 296 g/mol. The maximum absolute atomic E-state index is 12.4. The lowest BCUT2D eigenvalue weighted by Gasteiger charge is -2.36. The molecule has 8 nitrogen and oxygen atoms in total. The summed E-state index contributed by atoms with van der Waals surface area (Å²) >= 11 is 0. The normalized spacial score (nSPS) is 22.9.